The predicted molar refractivity (Wildman–Crippen MR) is 119 cm³/mol. The molecule has 3 aromatic rings. The van der Waals surface area contributed by atoms with E-state index in [-0.39, 0.29) is 11.5 Å². The van der Waals surface area contributed by atoms with Crippen molar-refractivity contribution in [2.75, 3.05) is 32.7 Å². The molecule has 1 aliphatic heterocycles. The summed E-state index contributed by atoms with van der Waals surface area (Å²) in [7, 11) is 0. The number of aryl methyl sites for hydroxylation is 2. The Bertz CT molecular complexity index is 1160. The minimum Gasteiger partial charge on any atom is -0.336 e. The number of hydrogen-bond acceptors (Lipinski definition) is 5. The van der Waals surface area contributed by atoms with Crippen LogP contribution in [0.4, 0.5) is 0 Å². The number of benzene rings is 1. The molecule has 0 N–H and O–H groups in total. The zero-order valence-electron chi connectivity index (χ0n) is 17.7. The van der Waals surface area contributed by atoms with Crippen LogP contribution in [-0.2, 0) is 19.4 Å². The Labute approximate surface area is 181 Å². The van der Waals surface area contributed by atoms with Crippen molar-refractivity contribution in [2.24, 2.45) is 0 Å². The molecule has 5 rings (SSSR count). The van der Waals surface area contributed by atoms with Crippen LogP contribution in [0, 0.1) is 0 Å². The van der Waals surface area contributed by atoms with Gasteiger partial charge in [-0.3, -0.25) is 19.5 Å². The number of carbonyl (C=O) groups excluding carboxylic acids is 1. The van der Waals surface area contributed by atoms with Gasteiger partial charge in [-0.1, -0.05) is 6.07 Å². The molecule has 0 spiro atoms. The van der Waals surface area contributed by atoms with Crippen LogP contribution in [0.25, 0.3) is 10.9 Å². The third kappa shape index (κ3) is 4.23. The maximum atomic E-state index is 12.9. The molecule has 3 heterocycles. The topological polar surface area (TPSA) is 71.3 Å². The Morgan fingerprint density at radius 2 is 1.81 bits per heavy atom. The molecule has 1 saturated heterocycles. The molecule has 0 radical (unpaired) electrons. The lowest BCUT2D eigenvalue weighted by atomic mass is 9.97. The zero-order chi connectivity index (χ0) is 21.2. The molecule has 0 saturated carbocycles. The van der Waals surface area contributed by atoms with Crippen molar-refractivity contribution in [3.05, 3.63) is 69.8 Å². The second-order valence-electron chi connectivity index (χ2n) is 8.43. The maximum Gasteiger partial charge on any atom is 0.267 e. The molecule has 7 heteroatoms. The molecular weight excluding hydrogens is 390 g/mol. The molecule has 0 unspecified atom stereocenters. The van der Waals surface area contributed by atoms with Gasteiger partial charge in [0, 0.05) is 55.9 Å². The Kier molecular flexibility index (Phi) is 5.51. The van der Waals surface area contributed by atoms with Crippen molar-refractivity contribution in [1.29, 1.82) is 0 Å². The fourth-order valence-corrected chi connectivity index (χ4v) is 4.56. The Hall–Kier alpha value is -3.06. The number of rotatable bonds is 4. The molecule has 160 valence electrons. The highest BCUT2D eigenvalue weighted by molar-refractivity contribution is 5.98. The van der Waals surface area contributed by atoms with Gasteiger partial charge < -0.3 is 4.90 Å². The zero-order valence-corrected chi connectivity index (χ0v) is 17.7. The van der Waals surface area contributed by atoms with Crippen LogP contribution in [0.15, 0.2) is 47.4 Å². The lowest BCUT2D eigenvalue weighted by molar-refractivity contribution is 0.0631. The number of aromatic nitrogens is 3. The number of piperazine rings is 1. The molecule has 1 amide bonds. The molecular formula is C24H27N5O2. The van der Waals surface area contributed by atoms with Crippen molar-refractivity contribution in [2.45, 2.75) is 32.2 Å². The number of pyridine rings is 1. The third-order valence-corrected chi connectivity index (χ3v) is 6.41. The minimum absolute atomic E-state index is 0.000239. The first-order valence-corrected chi connectivity index (χ1v) is 11.1. The predicted octanol–water partition coefficient (Wildman–Crippen LogP) is 2.13. The summed E-state index contributed by atoms with van der Waals surface area (Å²) in [5.74, 6) is 0.0676. The summed E-state index contributed by atoms with van der Waals surface area (Å²) < 4.78 is 1.62. The Morgan fingerprint density at radius 1 is 0.968 bits per heavy atom. The SMILES string of the molecule is O=C(c1ccc2ncccc2c1)N1CCN(CCn2nc3c(cc2=O)CCCC3)CC1. The molecule has 2 aliphatic rings. The van der Waals surface area contributed by atoms with Gasteiger partial charge >= 0.3 is 0 Å². The fraction of sp³-hybridized carbons (Fsp3) is 0.417. The highest BCUT2D eigenvalue weighted by Crippen LogP contribution is 2.18. The molecule has 2 aromatic heterocycles. The largest absolute Gasteiger partial charge is 0.336 e. The summed E-state index contributed by atoms with van der Waals surface area (Å²) in [6.07, 6.45) is 6.01. The Balaban J connectivity index is 1.18. The van der Waals surface area contributed by atoms with Crippen molar-refractivity contribution >= 4 is 16.8 Å². The number of fused-ring (bicyclic) bond motifs is 2. The van der Waals surface area contributed by atoms with E-state index in [9.17, 15) is 9.59 Å². The van der Waals surface area contributed by atoms with Gasteiger partial charge in [-0.15, -0.1) is 0 Å². The van der Waals surface area contributed by atoms with E-state index >= 15 is 0 Å². The van der Waals surface area contributed by atoms with E-state index in [0.717, 1.165) is 67.5 Å². The average molecular weight is 418 g/mol. The van der Waals surface area contributed by atoms with Gasteiger partial charge in [-0.2, -0.15) is 5.10 Å². The summed E-state index contributed by atoms with van der Waals surface area (Å²) >= 11 is 0. The van der Waals surface area contributed by atoms with Crippen molar-refractivity contribution in [3.63, 3.8) is 0 Å². The smallest absolute Gasteiger partial charge is 0.267 e. The van der Waals surface area contributed by atoms with Crippen LogP contribution in [0.3, 0.4) is 0 Å². The van der Waals surface area contributed by atoms with Gasteiger partial charge in [0.2, 0.25) is 0 Å². The molecule has 0 atom stereocenters. The number of hydrogen-bond donors (Lipinski definition) is 0. The van der Waals surface area contributed by atoms with Gasteiger partial charge in [0.25, 0.3) is 11.5 Å². The van der Waals surface area contributed by atoms with E-state index < -0.39 is 0 Å². The van der Waals surface area contributed by atoms with Gasteiger partial charge in [0.1, 0.15) is 0 Å². The van der Waals surface area contributed by atoms with E-state index in [1.54, 1.807) is 16.9 Å². The van der Waals surface area contributed by atoms with Crippen LogP contribution in [0.5, 0.6) is 0 Å². The number of nitrogens with zero attached hydrogens (tertiary/aromatic N) is 5. The van der Waals surface area contributed by atoms with Crippen molar-refractivity contribution in [3.8, 4) is 0 Å². The van der Waals surface area contributed by atoms with E-state index in [1.807, 2.05) is 35.2 Å². The average Bonchev–Trinajstić information content (AvgIpc) is 2.82. The third-order valence-electron chi connectivity index (χ3n) is 6.41. The maximum absolute atomic E-state index is 12.9. The van der Waals surface area contributed by atoms with Crippen LogP contribution < -0.4 is 5.56 Å². The highest BCUT2D eigenvalue weighted by Gasteiger charge is 2.22. The van der Waals surface area contributed by atoms with Gasteiger partial charge in [-0.05, 0) is 55.5 Å². The molecule has 31 heavy (non-hydrogen) atoms. The lowest BCUT2D eigenvalue weighted by Crippen LogP contribution is -2.49. The second kappa shape index (κ2) is 8.59. The molecule has 7 nitrogen and oxygen atoms in total. The van der Waals surface area contributed by atoms with E-state index in [0.29, 0.717) is 25.2 Å². The van der Waals surface area contributed by atoms with Crippen LogP contribution >= 0.6 is 0 Å². The first-order valence-electron chi connectivity index (χ1n) is 11.1. The van der Waals surface area contributed by atoms with Crippen LogP contribution in [-0.4, -0.2) is 63.2 Å². The monoisotopic (exact) mass is 417 g/mol. The van der Waals surface area contributed by atoms with Gasteiger partial charge in [-0.25, -0.2) is 4.68 Å². The molecule has 0 bridgehead atoms. The van der Waals surface area contributed by atoms with E-state index in [4.69, 9.17) is 0 Å². The lowest BCUT2D eigenvalue weighted by Gasteiger charge is -2.34. The first kappa shape index (κ1) is 19.9. The summed E-state index contributed by atoms with van der Waals surface area (Å²) in [6.45, 7) is 4.36. The normalized spacial score (nSPS) is 17.0. The first-order chi connectivity index (χ1) is 15.2. The number of amides is 1. The quantitative estimate of drug-likeness (QED) is 0.650. The minimum atomic E-state index is 0.000239. The van der Waals surface area contributed by atoms with Gasteiger partial charge in [0.15, 0.2) is 0 Å². The molecule has 1 aliphatic carbocycles. The Morgan fingerprint density at radius 3 is 2.68 bits per heavy atom. The number of carbonyl (C=O) groups is 1. The molecule has 1 aromatic carbocycles. The summed E-state index contributed by atoms with van der Waals surface area (Å²) in [5, 5.41) is 5.59. The molecule has 1 fully saturated rings. The van der Waals surface area contributed by atoms with Crippen molar-refractivity contribution in [1.82, 2.24) is 24.6 Å². The van der Waals surface area contributed by atoms with Crippen LogP contribution in [0.1, 0.15) is 34.5 Å². The van der Waals surface area contributed by atoms with E-state index in [1.165, 1.54) is 0 Å². The van der Waals surface area contributed by atoms with Crippen LogP contribution in [0.2, 0.25) is 0 Å². The van der Waals surface area contributed by atoms with Gasteiger partial charge in [0.05, 0.1) is 17.8 Å². The van der Waals surface area contributed by atoms with Crippen molar-refractivity contribution < 1.29 is 4.79 Å². The summed E-state index contributed by atoms with van der Waals surface area (Å²) in [4.78, 5) is 33.9. The summed E-state index contributed by atoms with van der Waals surface area (Å²) in [6, 6.07) is 11.3. The second-order valence-corrected chi connectivity index (χ2v) is 8.43. The van der Waals surface area contributed by atoms with E-state index in [2.05, 4.69) is 15.0 Å². The highest BCUT2D eigenvalue weighted by atomic mass is 16.2. The summed E-state index contributed by atoms with van der Waals surface area (Å²) in [5.41, 5.74) is 3.82. The standard InChI is InChI=1S/C24H27N5O2/c30-23-17-19-4-1-2-6-22(19)26-29(23)15-12-27-10-13-28(14-11-27)24(31)20-7-8-21-18(16-20)5-3-9-25-21/h3,5,7-9,16-17H,1-2,4,6,10-15H2. The fourth-order valence-electron chi connectivity index (χ4n) is 4.56.